The lowest BCUT2D eigenvalue weighted by Crippen LogP contribution is -2.29. The van der Waals surface area contributed by atoms with Crippen LogP contribution in [0.15, 0.2) is 16.7 Å². The summed E-state index contributed by atoms with van der Waals surface area (Å²) in [7, 11) is 0. The topological polar surface area (TPSA) is 45.2 Å². The van der Waals surface area contributed by atoms with Gasteiger partial charge in [-0.05, 0) is 34.5 Å². The first-order chi connectivity index (χ1) is 7.66. The van der Waals surface area contributed by atoms with Gasteiger partial charge in [-0.2, -0.15) is 0 Å². The number of pyridine rings is 1. The molecule has 1 N–H and O–H groups in total. The Hall–Kier alpha value is -1.10. The van der Waals surface area contributed by atoms with Crippen LogP contribution in [0, 0.1) is 6.92 Å². The lowest BCUT2D eigenvalue weighted by molar-refractivity contribution is -0.120. The van der Waals surface area contributed by atoms with Crippen molar-refractivity contribution < 1.29 is 4.79 Å². The molecule has 1 aliphatic rings. The summed E-state index contributed by atoms with van der Waals surface area (Å²) in [6.45, 7) is 4.22. The molecule has 16 heavy (non-hydrogen) atoms. The maximum atomic E-state index is 11.2. The van der Waals surface area contributed by atoms with Gasteiger partial charge in [0.15, 0.2) is 0 Å². The van der Waals surface area contributed by atoms with Gasteiger partial charge in [-0.3, -0.25) is 4.79 Å². The highest BCUT2D eigenvalue weighted by Crippen LogP contribution is 2.24. The maximum absolute atomic E-state index is 11.2. The predicted molar refractivity (Wildman–Crippen MR) is 66.5 cm³/mol. The first-order valence-corrected chi connectivity index (χ1v) is 6.10. The Balaban J connectivity index is 2.19. The van der Waals surface area contributed by atoms with Crippen molar-refractivity contribution in [1.82, 2.24) is 10.3 Å². The van der Waals surface area contributed by atoms with Gasteiger partial charge in [-0.1, -0.05) is 0 Å². The summed E-state index contributed by atoms with van der Waals surface area (Å²) < 4.78 is 0.988. The van der Waals surface area contributed by atoms with E-state index in [1.807, 2.05) is 19.2 Å². The lowest BCUT2D eigenvalue weighted by Gasteiger charge is -2.21. The van der Waals surface area contributed by atoms with Gasteiger partial charge in [0.2, 0.25) is 5.91 Å². The first-order valence-electron chi connectivity index (χ1n) is 5.30. The van der Waals surface area contributed by atoms with E-state index in [1.54, 1.807) is 0 Å². The standard InChI is InChI=1S/C11H14BrN3O/c1-8-6-9(12)11(14-7-8)15-4-2-10(16)13-3-5-15/h6-7H,2-5H2,1H3,(H,13,16). The van der Waals surface area contributed by atoms with Gasteiger partial charge < -0.3 is 10.2 Å². The van der Waals surface area contributed by atoms with E-state index in [1.165, 1.54) is 0 Å². The Morgan fingerprint density at radius 1 is 1.50 bits per heavy atom. The van der Waals surface area contributed by atoms with Crippen molar-refractivity contribution in [3.63, 3.8) is 0 Å². The van der Waals surface area contributed by atoms with Gasteiger partial charge in [0.1, 0.15) is 5.82 Å². The Morgan fingerprint density at radius 3 is 3.06 bits per heavy atom. The second-order valence-corrected chi connectivity index (χ2v) is 4.76. The number of rotatable bonds is 1. The van der Waals surface area contributed by atoms with Crippen molar-refractivity contribution in [1.29, 1.82) is 0 Å². The number of aryl methyl sites for hydroxylation is 1. The Labute approximate surface area is 103 Å². The van der Waals surface area contributed by atoms with Crippen LogP contribution in [0.2, 0.25) is 0 Å². The van der Waals surface area contributed by atoms with Gasteiger partial charge in [0.25, 0.3) is 0 Å². The SMILES string of the molecule is Cc1cnc(N2CCNC(=O)CC2)c(Br)c1. The van der Waals surface area contributed by atoms with Crippen LogP contribution in [-0.2, 0) is 4.79 Å². The fourth-order valence-electron chi connectivity index (χ4n) is 1.74. The van der Waals surface area contributed by atoms with E-state index in [0.29, 0.717) is 13.0 Å². The summed E-state index contributed by atoms with van der Waals surface area (Å²) in [5.74, 6) is 1.04. The summed E-state index contributed by atoms with van der Waals surface area (Å²) in [5, 5.41) is 2.85. The number of aromatic nitrogens is 1. The minimum atomic E-state index is 0.116. The molecule has 2 heterocycles. The second kappa shape index (κ2) is 4.82. The molecule has 4 nitrogen and oxygen atoms in total. The minimum absolute atomic E-state index is 0.116. The third-order valence-electron chi connectivity index (χ3n) is 2.57. The minimum Gasteiger partial charge on any atom is -0.354 e. The number of anilines is 1. The molecule has 1 aromatic rings. The number of amides is 1. The summed E-state index contributed by atoms with van der Waals surface area (Å²) in [6, 6.07) is 2.04. The molecule has 86 valence electrons. The van der Waals surface area contributed by atoms with Crippen LogP contribution in [0.3, 0.4) is 0 Å². The van der Waals surface area contributed by atoms with Crippen LogP contribution in [0.4, 0.5) is 5.82 Å². The van der Waals surface area contributed by atoms with Crippen molar-refractivity contribution in [2.45, 2.75) is 13.3 Å². The molecule has 1 amide bonds. The van der Waals surface area contributed by atoms with E-state index in [0.717, 1.165) is 28.9 Å². The molecule has 0 spiro atoms. The molecule has 0 bridgehead atoms. The van der Waals surface area contributed by atoms with Gasteiger partial charge in [0.05, 0.1) is 4.47 Å². The molecule has 1 saturated heterocycles. The van der Waals surface area contributed by atoms with Crippen LogP contribution < -0.4 is 10.2 Å². The number of carbonyl (C=O) groups is 1. The highest BCUT2D eigenvalue weighted by molar-refractivity contribution is 9.10. The predicted octanol–water partition coefficient (Wildman–Crippen LogP) is 1.48. The molecule has 2 rings (SSSR count). The zero-order chi connectivity index (χ0) is 11.5. The Kier molecular flexibility index (Phi) is 3.43. The van der Waals surface area contributed by atoms with E-state index in [2.05, 4.69) is 31.1 Å². The normalized spacial score (nSPS) is 16.9. The molecule has 0 aliphatic carbocycles. The molecule has 5 heteroatoms. The van der Waals surface area contributed by atoms with E-state index >= 15 is 0 Å². The zero-order valence-electron chi connectivity index (χ0n) is 9.16. The van der Waals surface area contributed by atoms with Crippen molar-refractivity contribution >= 4 is 27.7 Å². The summed E-state index contributed by atoms with van der Waals surface area (Å²) in [4.78, 5) is 17.8. The molecule has 0 aromatic carbocycles. The Morgan fingerprint density at radius 2 is 2.31 bits per heavy atom. The summed E-state index contributed by atoms with van der Waals surface area (Å²) in [5.41, 5.74) is 1.12. The monoisotopic (exact) mass is 283 g/mol. The van der Waals surface area contributed by atoms with E-state index in [9.17, 15) is 4.79 Å². The molecular formula is C11H14BrN3O. The van der Waals surface area contributed by atoms with Gasteiger partial charge in [0, 0.05) is 32.3 Å². The number of carbonyl (C=O) groups excluding carboxylic acids is 1. The van der Waals surface area contributed by atoms with Gasteiger partial charge in [-0.15, -0.1) is 0 Å². The number of halogens is 1. The third kappa shape index (κ3) is 2.52. The average molecular weight is 284 g/mol. The van der Waals surface area contributed by atoms with Crippen molar-refractivity contribution in [2.24, 2.45) is 0 Å². The van der Waals surface area contributed by atoms with E-state index in [-0.39, 0.29) is 5.91 Å². The van der Waals surface area contributed by atoms with Crippen molar-refractivity contribution in [3.8, 4) is 0 Å². The first kappa shape index (κ1) is 11.4. The van der Waals surface area contributed by atoms with Crippen LogP contribution >= 0.6 is 15.9 Å². The average Bonchev–Trinajstić information content (AvgIpc) is 2.43. The Bertz CT molecular complexity index is 408. The molecular weight excluding hydrogens is 270 g/mol. The van der Waals surface area contributed by atoms with Crippen molar-refractivity contribution in [2.75, 3.05) is 24.5 Å². The van der Waals surface area contributed by atoms with E-state index < -0.39 is 0 Å². The quantitative estimate of drug-likeness (QED) is 0.849. The molecule has 0 atom stereocenters. The summed E-state index contributed by atoms with van der Waals surface area (Å²) in [6.07, 6.45) is 2.38. The molecule has 1 fully saturated rings. The smallest absolute Gasteiger partial charge is 0.221 e. The van der Waals surface area contributed by atoms with Crippen LogP contribution in [0.1, 0.15) is 12.0 Å². The van der Waals surface area contributed by atoms with Crippen LogP contribution in [0.25, 0.3) is 0 Å². The third-order valence-corrected chi connectivity index (χ3v) is 3.15. The summed E-state index contributed by atoms with van der Waals surface area (Å²) >= 11 is 3.51. The molecule has 1 aliphatic heterocycles. The number of nitrogens with zero attached hydrogens (tertiary/aromatic N) is 2. The van der Waals surface area contributed by atoms with Gasteiger partial charge >= 0.3 is 0 Å². The fourth-order valence-corrected chi connectivity index (χ4v) is 2.45. The second-order valence-electron chi connectivity index (χ2n) is 3.91. The molecule has 0 radical (unpaired) electrons. The fraction of sp³-hybridized carbons (Fsp3) is 0.455. The molecule has 1 aromatic heterocycles. The van der Waals surface area contributed by atoms with Gasteiger partial charge in [-0.25, -0.2) is 4.98 Å². The van der Waals surface area contributed by atoms with Crippen molar-refractivity contribution in [3.05, 3.63) is 22.3 Å². The highest BCUT2D eigenvalue weighted by atomic mass is 79.9. The number of nitrogens with one attached hydrogen (secondary N) is 1. The van der Waals surface area contributed by atoms with Crippen LogP contribution in [0.5, 0.6) is 0 Å². The maximum Gasteiger partial charge on any atom is 0.221 e. The van der Waals surface area contributed by atoms with E-state index in [4.69, 9.17) is 0 Å². The largest absolute Gasteiger partial charge is 0.354 e. The zero-order valence-corrected chi connectivity index (χ0v) is 10.7. The molecule has 0 unspecified atom stereocenters. The molecule has 0 saturated carbocycles. The number of hydrogen-bond donors (Lipinski definition) is 1. The lowest BCUT2D eigenvalue weighted by atomic mass is 10.3. The van der Waals surface area contributed by atoms with Crippen LogP contribution in [-0.4, -0.2) is 30.5 Å². The number of hydrogen-bond acceptors (Lipinski definition) is 3. The highest BCUT2D eigenvalue weighted by Gasteiger charge is 2.16.